The number of pyridine rings is 2. The van der Waals surface area contributed by atoms with Gasteiger partial charge in [-0.15, -0.1) is 0 Å². The van der Waals surface area contributed by atoms with Crippen LogP contribution < -0.4 is 14.1 Å². The van der Waals surface area contributed by atoms with E-state index in [1.165, 1.54) is 105 Å². The maximum atomic E-state index is 2.66. The first kappa shape index (κ1) is 26.9. The fourth-order valence-corrected chi connectivity index (χ4v) is 11.2. The Hall–Kier alpha value is -6.88. The number of hydrogen-bond donors (Lipinski definition) is 0. The molecule has 3 aliphatic heterocycles. The lowest BCUT2D eigenvalue weighted by Crippen LogP contribution is -2.82. The number of quaternary nitrogens is 1. The van der Waals surface area contributed by atoms with Crippen LogP contribution in [0.15, 0.2) is 176 Å². The number of nitrogens with zero attached hydrogens (tertiary/aromatic N) is 4. The maximum absolute atomic E-state index is 2.66. The molecular formula is C49H29N4+3. The van der Waals surface area contributed by atoms with Gasteiger partial charge in [-0.05, 0) is 57.6 Å². The zero-order chi connectivity index (χ0) is 34.2. The Labute approximate surface area is 304 Å². The highest BCUT2D eigenvalue weighted by molar-refractivity contribution is 6.20. The van der Waals surface area contributed by atoms with Crippen molar-refractivity contribution in [1.82, 2.24) is 9.10 Å². The molecule has 242 valence electrons. The van der Waals surface area contributed by atoms with E-state index in [0.29, 0.717) is 4.70 Å². The fourth-order valence-electron chi connectivity index (χ4n) is 11.2. The van der Waals surface area contributed by atoms with Crippen LogP contribution in [0.4, 0.5) is 11.4 Å². The van der Waals surface area contributed by atoms with Crippen molar-refractivity contribution >= 4 is 49.7 Å². The monoisotopic (exact) mass is 673 g/mol. The number of rotatable bonds is 1. The number of para-hydroxylation sites is 4. The molecule has 6 heterocycles. The summed E-state index contributed by atoms with van der Waals surface area (Å²) in [6.45, 7) is 0. The molecule has 0 saturated heterocycles. The lowest BCUT2D eigenvalue weighted by Gasteiger charge is -2.39. The molecule has 2 spiro atoms. The van der Waals surface area contributed by atoms with Crippen LogP contribution in [0.25, 0.3) is 71.9 Å². The topological polar surface area (TPSA) is 12.2 Å². The fraction of sp³-hybridized carbons (Fsp3) is 0.0204. The van der Waals surface area contributed by atoms with E-state index < -0.39 is 5.41 Å². The smallest absolute Gasteiger partial charge is 0.182 e. The third kappa shape index (κ3) is 2.67. The summed E-state index contributed by atoms with van der Waals surface area (Å²) in [6.07, 6.45) is 2.36. The van der Waals surface area contributed by atoms with Crippen molar-refractivity contribution in [2.75, 3.05) is 0 Å². The molecule has 1 atom stereocenters. The van der Waals surface area contributed by atoms with Crippen LogP contribution in [0, 0.1) is 0 Å². The molecule has 1 aliphatic carbocycles. The molecule has 53 heavy (non-hydrogen) atoms. The van der Waals surface area contributed by atoms with Crippen LogP contribution in [-0.2, 0) is 5.41 Å². The average Bonchev–Trinajstić information content (AvgIpc) is 3.93. The van der Waals surface area contributed by atoms with E-state index in [1.807, 2.05) is 0 Å². The van der Waals surface area contributed by atoms with E-state index in [9.17, 15) is 0 Å². The molecule has 0 N–H and O–H groups in total. The van der Waals surface area contributed by atoms with E-state index >= 15 is 0 Å². The molecule has 14 rings (SSSR count). The van der Waals surface area contributed by atoms with Gasteiger partial charge in [-0.25, -0.2) is 0 Å². The third-order valence-electron chi connectivity index (χ3n) is 12.9. The normalized spacial score (nSPS) is 17.3. The summed E-state index contributed by atoms with van der Waals surface area (Å²) in [7, 11) is 0. The highest BCUT2D eigenvalue weighted by Gasteiger charge is 2.74. The van der Waals surface area contributed by atoms with Crippen molar-refractivity contribution in [2.24, 2.45) is 0 Å². The van der Waals surface area contributed by atoms with Gasteiger partial charge in [0.2, 0.25) is 11.7 Å². The summed E-state index contributed by atoms with van der Waals surface area (Å²) >= 11 is 0. The van der Waals surface area contributed by atoms with Gasteiger partial charge in [0.25, 0.3) is 17.1 Å². The Morgan fingerprint density at radius 2 is 1.13 bits per heavy atom. The molecule has 4 aliphatic rings. The zero-order valence-corrected chi connectivity index (χ0v) is 28.5. The summed E-state index contributed by atoms with van der Waals surface area (Å²) in [5, 5.41) is 3.89. The number of benzene rings is 7. The minimum Gasteiger partial charge on any atom is -0.182 e. The van der Waals surface area contributed by atoms with Gasteiger partial charge in [0, 0.05) is 43.4 Å². The molecule has 0 bridgehead atoms. The van der Waals surface area contributed by atoms with Crippen LogP contribution in [0.1, 0.15) is 22.3 Å². The van der Waals surface area contributed by atoms with Crippen LogP contribution in [-0.4, -0.2) is 4.40 Å². The van der Waals surface area contributed by atoms with Gasteiger partial charge in [0.1, 0.15) is 15.8 Å². The highest BCUT2D eigenvalue weighted by atomic mass is 15.9. The molecule has 3 aromatic heterocycles. The SMILES string of the molecule is c1ccc(-c2cc[n+]3c(c2)-c2cccc4c2[N+]32c3c(ccc5c6ccccc6n6c7ccccc7[n+]2c6c35)C42c3ccccc3-c3ccccc32)cc1. The summed E-state index contributed by atoms with van der Waals surface area (Å²) in [4.78, 5) is 0. The number of fused-ring (bicyclic) bond motifs is 15. The first-order valence-electron chi connectivity index (χ1n) is 18.5. The molecule has 0 fully saturated rings. The first-order chi connectivity index (χ1) is 26.3. The Morgan fingerprint density at radius 1 is 0.472 bits per heavy atom. The van der Waals surface area contributed by atoms with Gasteiger partial charge < -0.3 is 0 Å². The molecule has 4 nitrogen and oxygen atoms in total. The Balaban J connectivity index is 1.29. The van der Waals surface area contributed by atoms with E-state index in [2.05, 4.69) is 190 Å². The summed E-state index contributed by atoms with van der Waals surface area (Å²) in [5.41, 5.74) is 20.1. The second-order valence-electron chi connectivity index (χ2n) is 15.0. The first-order valence-corrected chi connectivity index (χ1v) is 18.5. The van der Waals surface area contributed by atoms with Crippen molar-refractivity contribution in [1.29, 1.82) is 0 Å². The Kier molecular flexibility index (Phi) is 4.44. The van der Waals surface area contributed by atoms with E-state index in [0.717, 1.165) is 0 Å². The largest absolute Gasteiger partial charge is 0.359 e. The van der Waals surface area contributed by atoms with Crippen LogP contribution in [0.5, 0.6) is 0 Å². The van der Waals surface area contributed by atoms with Crippen LogP contribution in [0.2, 0.25) is 0 Å². The summed E-state index contributed by atoms with van der Waals surface area (Å²) in [5.74, 6) is 0. The summed E-state index contributed by atoms with van der Waals surface area (Å²) in [6, 6.07) is 63.9. The molecule has 7 aromatic carbocycles. The highest BCUT2D eigenvalue weighted by Crippen LogP contribution is 2.68. The minimum atomic E-state index is -0.503. The van der Waals surface area contributed by atoms with Gasteiger partial charge in [-0.2, -0.15) is 4.40 Å². The number of hydrogen-bond acceptors (Lipinski definition) is 0. The number of aromatic nitrogens is 3. The predicted molar refractivity (Wildman–Crippen MR) is 211 cm³/mol. The van der Waals surface area contributed by atoms with Gasteiger partial charge in [0.15, 0.2) is 10.9 Å². The zero-order valence-electron chi connectivity index (χ0n) is 28.5. The molecule has 10 aromatic rings. The predicted octanol–water partition coefficient (Wildman–Crippen LogP) is 10.2. The van der Waals surface area contributed by atoms with Gasteiger partial charge in [0.05, 0.1) is 5.41 Å². The van der Waals surface area contributed by atoms with Gasteiger partial charge >= 0.3 is 5.65 Å². The average molecular weight is 674 g/mol. The molecule has 0 saturated carbocycles. The molecule has 4 heteroatoms. The van der Waals surface area contributed by atoms with Gasteiger partial charge in [-0.1, -0.05) is 133 Å². The van der Waals surface area contributed by atoms with Crippen LogP contribution in [0.3, 0.4) is 0 Å². The minimum absolute atomic E-state index is 0.442. The third-order valence-corrected chi connectivity index (χ3v) is 12.9. The quantitative estimate of drug-likeness (QED) is 0.0935. The second-order valence-corrected chi connectivity index (χ2v) is 15.0. The molecular weight excluding hydrogens is 645 g/mol. The lowest BCUT2D eigenvalue weighted by molar-refractivity contribution is -1.01. The van der Waals surface area contributed by atoms with Gasteiger partial charge in [-0.3, -0.25) is 0 Å². The lowest BCUT2D eigenvalue weighted by atomic mass is 9.64. The van der Waals surface area contributed by atoms with Crippen molar-refractivity contribution in [3.63, 3.8) is 0 Å². The van der Waals surface area contributed by atoms with Crippen LogP contribution >= 0.6 is 0 Å². The number of imidazole rings is 1. The standard InChI is InChI=1S/C49H29N4/c1-2-13-30(14-3-1)31-27-28-50-44(29-31)36-18-12-21-39-46(36)53(50)47-40(49(39)37-19-7-4-15-32(37)33-16-5-8-20-38(33)49)26-25-35-34-17-6-9-22-41(34)51-42-23-10-11-24-43(42)52(53)48(51)45(35)47/h1-29H/q+3. The van der Waals surface area contributed by atoms with E-state index in [-0.39, 0.29) is 0 Å². The van der Waals surface area contributed by atoms with Crippen molar-refractivity contribution in [3.8, 4) is 33.5 Å². The van der Waals surface area contributed by atoms with E-state index in [1.54, 1.807) is 0 Å². The second kappa shape index (κ2) is 8.76. The van der Waals surface area contributed by atoms with Crippen molar-refractivity contribution < 1.29 is 9.35 Å². The summed E-state index contributed by atoms with van der Waals surface area (Å²) < 4.78 is 8.21. The molecule has 1 unspecified atom stereocenters. The maximum Gasteiger partial charge on any atom is 0.359 e. The van der Waals surface area contributed by atoms with Crippen molar-refractivity contribution in [3.05, 3.63) is 198 Å². The Morgan fingerprint density at radius 3 is 1.96 bits per heavy atom. The Bertz CT molecular complexity index is 3310. The molecule has 0 radical (unpaired) electrons. The van der Waals surface area contributed by atoms with Crippen molar-refractivity contribution in [2.45, 2.75) is 5.41 Å². The molecule has 0 amide bonds. The van der Waals surface area contributed by atoms with E-state index in [4.69, 9.17) is 0 Å².